The first-order chi connectivity index (χ1) is 13.1. The third-order valence-electron chi connectivity index (χ3n) is 5.85. The molecule has 0 spiro atoms. The van der Waals surface area contributed by atoms with Gasteiger partial charge in [-0.3, -0.25) is 4.40 Å². The monoisotopic (exact) mass is 379 g/mol. The molecule has 27 heavy (non-hydrogen) atoms. The fourth-order valence-electron chi connectivity index (χ4n) is 4.33. The topological polar surface area (TPSA) is 72.0 Å². The Hall–Kier alpha value is -2.53. The standard InChI is InChI=1S/C21H22ClN5/c1-12-5-7-13(8-6-12)21-26-18(19-20(23)24-9-10-27(19)21)16-11-14-3-2-4-15(22)17(14)25-16/h2-4,9-13,25H,5-8H2,1H3,(H2,23,24). The van der Waals surface area contributed by atoms with Gasteiger partial charge in [-0.1, -0.05) is 43.5 Å². The molecule has 1 fully saturated rings. The van der Waals surface area contributed by atoms with Gasteiger partial charge in [0.2, 0.25) is 0 Å². The van der Waals surface area contributed by atoms with E-state index >= 15 is 0 Å². The molecule has 1 saturated carbocycles. The number of nitrogen functional groups attached to an aromatic ring is 1. The van der Waals surface area contributed by atoms with Crippen LogP contribution >= 0.6 is 11.6 Å². The molecule has 0 amide bonds. The number of anilines is 1. The molecule has 0 atom stereocenters. The normalized spacial score (nSPS) is 20.5. The zero-order valence-corrected chi connectivity index (χ0v) is 16.0. The van der Waals surface area contributed by atoms with E-state index in [-0.39, 0.29) is 0 Å². The smallest absolute Gasteiger partial charge is 0.150 e. The van der Waals surface area contributed by atoms with Crippen molar-refractivity contribution in [1.29, 1.82) is 0 Å². The number of rotatable bonds is 2. The Bertz CT molecular complexity index is 1130. The van der Waals surface area contributed by atoms with Gasteiger partial charge in [0.15, 0.2) is 0 Å². The van der Waals surface area contributed by atoms with E-state index in [1.165, 1.54) is 25.7 Å². The van der Waals surface area contributed by atoms with Crippen LogP contribution in [0.25, 0.3) is 27.8 Å². The number of hydrogen-bond donors (Lipinski definition) is 2. The van der Waals surface area contributed by atoms with Crippen molar-refractivity contribution >= 4 is 33.8 Å². The van der Waals surface area contributed by atoms with Crippen molar-refractivity contribution in [2.24, 2.45) is 5.92 Å². The van der Waals surface area contributed by atoms with Gasteiger partial charge in [-0.15, -0.1) is 0 Å². The molecule has 0 unspecified atom stereocenters. The molecule has 3 heterocycles. The maximum absolute atomic E-state index is 6.35. The number of nitrogens with zero attached hydrogens (tertiary/aromatic N) is 3. The van der Waals surface area contributed by atoms with Crippen LogP contribution in [-0.2, 0) is 0 Å². The van der Waals surface area contributed by atoms with Crippen molar-refractivity contribution in [2.75, 3.05) is 5.73 Å². The van der Waals surface area contributed by atoms with Gasteiger partial charge in [0.05, 0.1) is 16.2 Å². The van der Waals surface area contributed by atoms with Crippen LogP contribution in [0.15, 0.2) is 36.7 Å². The molecule has 3 aromatic heterocycles. The largest absolute Gasteiger partial charge is 0.382 e. The third kappa shape index (κ3) is 2.69. The van der Waals surface area contributed by atoms with Gasteiger partial charge >= 0.3 is 0 Å². The summed E-state index contributed by atoms with van der Waals surface area (Å²) in [5, 5.41) is 1.77. The number of aromatic nitrogens is 4. The van der Waals surface area contributed by atoms with E-state index in [0.717, 1.165) is 39.5 Å². The van der Waals surface area contributed by atoms with Gasteiger partial charge in [-0.2, -0.15) is 0 Å². The summed E-state index contributed by atoms with van der Waals surface area (Å²) in [6.07, 6.45) is 8.56. The lowest BCUT2D eigenvalue weighted by Gasteiger charge is -2.25. The summed E-state index contributed by atoms with van der Waals surface area (Å²) < 4.78 is 2.13. The summed E-state index contributed by atoms with van der Waals surface area (Å²) in [5.74, 6) is 2.85. The summed E-state index contributed by atoms with van der Waals surface area (Å²) in [5.41, 5.74) is 9.83. The summed E-state index contributed by atoms with van der Waals surface area (Å²) in [6.45, 7) is 2.33. The van der Waals surface area contributed by atoms with Crippen LogP contribution in [0.4, 0.5) is 5.82 Å². The molecule has 1 aliphatic carbocycles. The van der Waals surface area contributed by atoms with E-state index in [1.54, 1.807) is 6.20 Å². The Labute approximate surface area is 162 Å². The third-order valence-corrected chi connectivity index (χ3v) is 6.17. The number of H-pyrrole nitrogens is 1. The van der Waals surface area contributed by atoms with Crippen LogP contribution in [0, 0.1) is 5.92 Å². The molecule has 4 aromatic rings. The van der Waals surface area contributed by atoms with Gasteiger partial charge in [-0.25, -0.2) is 9.97 Å². The number of nitrogens with two attached hydrogens (primary N) is 1. The van der Waals surface area contributed by atoms with Crippen LogP contribution in [0.1, 0.15) is 44.3 Å². The van der Waals surface area contributed by atoms with Gasteiger partial charge in [0, 0.05) is 23.7 Å². The first-order valence-electron chi connectivity index (χ1n) is 9.52. The molecule has 0 aliphatic heterocycles. The molecule has 0 saturated heterocycles. The summed E-state index contributed by atoms with van der Waals surface area (Å²) in [4.78, 5) is 12.8. The molecule has 6 heteroatoms. The van der Waals surface area contributed by atoms with Crippen LogP contribution in [0.5, 0.6) is 0 Å². The number of nitrogens with one attached hydrogen (secondary N) is 1. The number of para-hydroxylation sites is 1. The van der Waals surface area contributed by atoms with Crippen LogP contribution in [0.2, 0.25) is 5.02 Å². The molecule has 3 N–H and O–H groups in total. The molecule has 0 radical (unpaired) electrons. The average molecular weight is 380 g/mol. The van der Waals surface area contributed by atoms with Gasteiger partial charge in [0.1, 0.15) is 22.9 Å². The lowest BCUT2D eigenvalue weighted by atomic mass is 9.82. The highest BCUT2D eigenvalue weighted by Crippen LogP contribution is 2.39. The number of aromatic amines is 1. The Kier molecular flexibility index (Phi) is 3.86. The zero-order valence-electron chi connectivity index (χ0n) is 15.2. The molecular weight excluding hydrogens is 358 g/mol. The Balaban J connectivity index is 1.71. The van der Waals surface area contributed by atoms with Crippen molar-refractivity contribution in [3.63, 3.8) is 0 Å². The quantitative estimate of drug-likeness (QED) is 0.489. The van der Waals surface area contributed by atoms with E-state index in [4.69, 9.17) is 22.3 Å². The summed E-state index contributed by atoms with van der Waals surface area (Å²) >= 11 is 6.35. The number of imidazole rings is 1. The minimum atomic E-state index is 0.456. The van der Waals surface area contributed by atoms with Crippen molar-refractivity contribution in [2.45, 2.75) is 38.5 Å². The van der Waals surface area contributed by atoms with E-state index in [9.17, 15) is 0 Å². The van der Waals surface area contributed by atoms with E-state index < -0.39 is 0 Å². The summed E-state index contributed by atoms with van der Waals surface area (Å²) in [6, 6.07) is 7.98. The molecular formula is C21H22ClN5. The highest BCUT2D eigenvalue weighted by atomic mass is 35.5. The van der Waals surface area contributed by atoms with Gasteiger partial charge in [-0.05, 0) is 30.9 Å². The minimum Gasteiger partial charge on any atom is -0.382 e. The first-order valence-corrected chi connectivity index (χ1v) is 9.89. The second kappa shape index (κ2) is 6.27. The molecule has 138 valence electrons. The first kappa shape index (κ1) is 16.6. The molecule has 5 rings (SSSR count). The summed E-state index contributed by atoms with van der Waals surface area (Å²) in [7, 11) is 0. The van der Waals surface area contributed by atoms with Gasteiger partial charge < -0.3 is 10.7 Å². The fourth-order valence-corrected chi connectivity index (χ4v) is 4.56. The Morgan fingerprint density at radius 2 is 2.04 bits per heavy atom. The van der Waals surface area contributed by atoms with Crippen LogP contribution in [0.3, 0.4) is 0 Å². The minimum absolute atomic E-state index is 0.456. The maximum Gasteiger partial charge on any atom is 0.150 e. The maximum atomic E-state index is 6.35. The van der Waals surface area contributed by atoms with E-state index in [2.05, 4.69) is 27.4 Å². The van der Waals surface area contributed by atoms with Crippen molar-refractivity contribution < 1.29 is 0 Å². The Morgan fingerprint density at radius 1 is 1.22 bits per heavy atom. The predicted octanol–water partition coefficient (Wildman–Crippen LogP) is 5.41. The second-order valence-electron chi connectivity index (χ2n) is 7.69. The highest BCUT2D eigenvalue weighted by Gasteiger charge is 2.26. The van der Waals surface area contributed by atoms with Crippen molar-refractivity contribution in [3.8, 4) is 11.4 Å². The molecule has 1 aromatic carbocycles. The number of halogens is 1. The zero-order chi connectivity index (χ0) is 18.5. The molecule has 1 aliphatic rings. The van der Waals surface area contributed by atoms with E-state index in [1.807, 2.05) is 24.4 Å². The lowest BCUT2D eigenvalue weighted by Crippen LogP contribution is -2.13. The number of benzene rings is 1. The van der Waals surface area contributed by atoms with Crippen molar-refractivity contribution in [1.82, 2.24) is 19.4 Å². The number of fused-ring (bicyclic) bond motifs is 2. The fraction of sp³-hybridized carbons (Fsp3) is 0.333. The van der Waals surface area contributed by atoms with Crippen LogP contribution < -0.4 is 5.73 Å². The SMILES string of the molecule is CC1CCC(c2nc(-c3cc4cccc(Cl)c4[nH]3)c3c(N)nccn23)CC1. The molecule has 5 nitrogen and oxygen atoms in total. The van der Waals surface area contributed by atoms with E-state index in [0.29, 0.717) is 16.8 Å². The average Bonchev–Trinajstić information content (AvgIpc) is 3.26. The van der Waals surface area contributed by atoms with Crippen molar-refractivity contribution in [3.05, 3.63) is 47.5 Å². The Morgan fingerprint density at radius 3 is 2.81 bits per heavy atom. The van der Waals surface area contributed by atoms with Gasteiger partial charge in [0.25, 0.3) is 0 Å². The predicted molar refractivity (Wildman–Crippen MR) is 110 cm³/mol. The highest BCUT2D eigenvalue weighted by molar-refractivity contribution is 6.35. The second-order valence-corrected chi connectivity index (χ2v) is 8.10. The lowest BCUT2D eigenvalue weighted by molar-refractivity contribution is 0.339. The number of hydrogen-bond acceptors (Lipinski definition) is 3. The molecule has 0 bridgehead atoms. The van der Waals surface area contributed by atoms with Crippen LogP contribution in [-0.4, -0.2) is 19.4 Å².